The lowest BCUT2D eigenvalue weighted by atomic mass is 9.88. The molecule has 0 spiro atoms. The van der Waals surface area contributed by atoms with E-state index in [1.54, 1.807) is 18.2 Å². The van der Waals surface area contributed by atoms with E-state index in [1.807, 2.05) is 35.2 Å². The van der Waals surface area contributed by atoms with Crippen LogP contribution in [0.5, 0.6) is 0 Å². The number of benzene rings is 2. The van der Waals surface area contributed by atoms with Crippen molar-refractivity contribution in [1.29, 1.82) is 0 Å². The molecule has 2 aliphatic heterocycles. The summed E-state index contributed by atoms with van der Waals surface area (Å²) < 4.78 is 1.44. The maximum Gasteiger partial charge on any atom is 0.261 e. The van der Waals surface area contributed by atoms with Crippen LogP contribution in [0.2, 0.25) is 0 Å². The van der Waals surface area contributed by atoms with Gasteiger partial charge < -0.3 is 30.4 Å². The minimum atomic E-state index is -1.16. The quantitative estimate of drug-likeness (QED) is 0.178. The van der Waals surface area contributed by atoms with Crippen molar-refractivity contribution in [3.05, 3.63) is 70.8 Å². The molecule has 12 nitrogen and oxygen atoms in total. The zero-order valence-electron chi connectivity index (χ0n) is 27.3. The van der Waals surface area contributed by atoms with Gasteiger partial charge in [-0.1, -0.05) is 30.3 Å². The zero-order chi connectivity index (χ0) is 33.2. The Morgan fingerprint density at radius 2 is 1.79 bits per heavy atom. The summed E-state index contributed by atoms with van der Waals surface area (Å²) in [6.07, 6.45) is 5.15. The van der Waals surface area contributed by atoms with Crippen molar-refractivity contribution in [3.8, 4) is 0 Å². The first-order valence-electron chi connectivity index (χ1n) is 16.6. The van der Waals surface area contributed by atoms with Gasteiger partial charge in [-0.25, -0.2) is 4.98 Å². The average molecular weight is 646 g/mol. The summed E-state index contributed by atoms with van der Waals surface area (Å²) in [6.45, 7) is 6.00. The number of fused-ring (bicyclic) bond motifs is 1. The van der Waals surface area contributed by atoms with Crippen LogP contribution >= 0.6 is 0 Å². The second kappa shape index (κ2) is 16.1. The molecule has 0 aliphatic carbocycles. The summed E-state index contributed by atoms with van der Waals surface area (Å²) in [4.78, 5) is 61.1. The minimum Gasteiger partial charge on any atom is -0.388 e. The molecule has 5 rings (SSSR count). The topological polar surface area (TPSA) is 140 Å². The molecule has 3 amide bonds. The van der Waals surface area contributed by atoms with Crippen LogP contribution in [-0.4, -0.2) is 113 Å². The van der Waals surface area contributed by atoms with Crippen molar-refractivity contribution >= 4 is 34.8 Å². The number of anilines is 1. The zero-order valence-corrected chi connectivity index (χ0v) is 27.3. The molecule has 0 radical (unpaired) electrons. The monoisotopic (exact) mass is 645 g/mol. The SMILES string of the molecule is CN1CCN(CCC(=O)Nc2ccc3c(=O)n(CC4(O)CCN(C(=O)C(CCCNC=O)Cc5ccccc5)CC4)cnc3c2)CC1. The first-order chi connectivity index (χ1) is 22.7. The summed E-state index contributed by atoms with van der Waals surface area (Å²) in [5.41, 5.74) is 0.731. The number of likely N-dealkylation sites (tertiary alicyclic amines) is 1. The molecule has 12 heteroatoms. The second-order valence-electron chi connectivity index (χ2n) is 13.0. The van der Waals surface area contributed by atoms with Crippen LogP contribution in [0.15, 0.2) is 59.7 Å². The maximum absolute atomic E-state index is 13.6. The van der Waals surface area contributed by atoms with Crippen molar-refractivity contribution < 1.29 is 19.5 Å². The molecule has 3 heterocycles. The van der Waals surface area contributed by atoms with E-state index in [4.69, 9.17) is 0 Å². The number of hydrogen-bond acceptors (Lipinski definition) is 8. The number of carbonyl (C=O) groups excluding carboxylic acids is 3. The van der Waals surface area contributed by atoms with E-state index in [0.29, 0.717) is 87.7 Å². The molecule has 3 N–H and O–H groups in total. The Hall–Kier alpha value is -4.13. The van der Waals surface area contributed by atoms with E-state index in [9.17, 15) is 24.3 Å². The average Bonchev–Trinajstić information content (AvgIpc) is 3.08. The van der Waals surface area contributed by atoms with Gasteiger partial charge in [0.2, 0.25) is 18.2 Å². The number of aromatic nitrogens is 2. The summed E-state index contributed by atoms with van der Waals surface area (Å²) in [5, 5.41) is 17.5. The summed E-state index contributed by atoms with van der Waals surface area (Å²) in [5.74, 6) is -0.255. The molecule has 47 heavy (non-hydrogen) atoms. The highest BCUT2D eigenvalue weighted by Crippen LogP contribution is 2.27. The fourth-order valence-corrected chi connectivity index (χ4v) is 6.50. The standard InChI is InChI=1S/C35H47N7O5/c1-39-18-20-40(21-19-39)15-11-32(44)38-29-9-10-30-31(23-29)37-25-42(34(30)46)24-35(47)12-16-41(17-13-35)33(45)28(8-5-14-36-26-43)22-27-6-3-2-4-7-27/h2-4,6-7,9-10,23,25-26,28,47H,5,8,11-22,24H2,1H3,(H,36,43)(H,38,44). The Balaban J connectivity index is 1.16. The number of likely N-dealkylation sites (N-methyl/N-ethyl adjacent to an activating group) is 1. The highest BCUT2D eigenvalue weighted by molar-refractivity contribution is 5.93. The Bertz CT molecular complexity index is 1560. The van der Waals surface area contributed by atoms with Crippen LogP contribution in [-0.2, 0) is 27.3 Å². The molecule has 3 aromatic rings. The first kappa shape index (κ1) is 34.2. The number of hydrogen-bond donors (Lipinski definition) is 3. The highest BCUT2D eigenvalue weighted by Gasteiger charge is 2.36. The number of nitrogens with one attached hydrogen (secondary N) is 2. The Labute approximate surface area is 275 Å². The van der Waals surface area contributed by atoms with E-state index >= 15 is 0 Å². The van der Waals surface area contributed by atoms with Crippen molar-refractivity contribution in [2.45, 2.75) is 50.7 Å². The third kappa shape index (κ3) is 9.46. The van der Waals surface area contributed by atoms with Gasteiger partial charge in [-0.3, -0.25) is 23.7 Å². The van der Waals surface area contributed by atoms with Gasteiger partial charge in [0.05, 0.1) is 29.4 Å². The van der Waals surface area contributed by atoms with E-state index < -0.39 is 5.60 Å². The number of carbonyl (C=O) groups is 3. The molecule has 2 aromatic carbocycles. The van der Waals surface area contributed by atoms with E-state index in [2.05, 4.69) is 32.5 Å². The molecule has 0 bridgehead atoms. The van der Waals surface area contributed by atoms with Crippen LogP contribution in [0.4, 0.5) is 5.69 Å². The molecule has 1 aromatic heterocycles. The maximum atomic E-state index is 13.6. The van der Waals surface area contributed by atoms with Crippen LogP contribution < -0.4 is 16.2 Å². The number of piperazine rings is 1. The lowest BCUT2D eigenvalue weighted by Gasteiger charge is -2.39. The number of nitrogens with zero attached hydrogens (tertiary/aromatic N) is 5. The predicted molar refractivity (Wildman–Crippen MR) is 181 cm³/mol. The van der Waals surface area contributed by atoms with E-state index in [-0.39, 0.29) is 29.8 Å². The smallest absolute Gasteiger partial charge is 0.261 e. The molecule has 252 valence electrons. The largest absolute Gasteiger partial charge is 0.388 e. The molecule has 2 saturated heterocycles. The third-order valence-corrected chi connectivity index (χ3v) is 9.46. The van der Waals surface area contributed by atoms with Crippen LogP contribution in [0.3, 0.4) is 0 Å². The van der Waals surface area contributed by atoms with Gasteiger partial charge in [-0.05, 0) is 62.9 Å². The molecular weight excluding hydrogens is 598 g/mol. The first-order valence-corrected chi connectivity index (χ1v) is 16.6. The van der Waals surface area contributed by atoms with Crippen LogP contribution in [0, 0.1) is 5.92 Å². The summed E-state index contributed by atoms with van der Waals surface area (Å²) in [7, 11) is 2.10. The molecule has 2 fully saturated rings. The minimum absolute atomic E-state index is 0.0498. The summed E-state index contributed by atoms with van der Waals surface area (Å²) >= 11 is 0. The van der Waals surface area contributed by atoms with Gasteiger partial charge >= 0.3 is 0 Å². The molecular formula is C35H47N7O5. The number of amides is 3. The molecule has 2 aliphatic rings. The third-order valence-electron chi connectivity index (χ3n) is 9.46. The second-order valence-corrected chi connectivity index (χ2v) is 13.0. The highest BCUT2D eigenvalue weighted by atomic mass is 16.3. The van der Waals surface area contributed by atoms with Crippen LogP contribution in [0.1, 0.15) is 37.7 Å². The normalized spacial score (nSPS) is 17.7. The van der Waals surface area contributed by atoms with Crippen molar-refractivity contribution in [1.82, 2.24) is 29.6 Å². The molecule has 0 saturated carbocycles. The number of rotatable bonds is 14. The Morgan fingerprint density at radius 1 is 1.04 bits per heavy atom. The number of piperidine rings is 1. The summed E-state index contributed by atoms with van der Waals surface area (Å²) in [6, 6.07) is 15.0. The van der Waals surface area contributed by atoms with E-state index in [0.717, 1.165) is 31.7 Å². The fourth-order valence-electron chi connectivity index (χ4n) is 6.50. The molecule has 1 unspecified atom stereocenters. The Morgan fingerprint density at radius 3 is 2.51 bits per heavy atom. The van der Waals surface area contributed by atoms with Crippen molar-refractivity contribution in [2.24, 2.45) is 5.92 Å². The van der Waals surface area contributed by atoms with Gasteiger partial charge in [0.1, 0.15) is 0 Å². The van der Waals surface area contributed by atoms with E-state index in [1.165, 1.54) is 10.9 Å². The van der Waals surface area contributed by atoms with Gasteiger partial charge in [0.25, 0.3) is 5.56 Å². The van der Waals surface area contributed by atoms with Crippen molar-refractivity contribution in [3.63, 3.8) is 0 Å². The fraction of sp³-hybridized carbons (Fsp3) is 0.514. The van der Waals surface area contributed by atoms with Gasteiger partial charge in [0.15, 0.2) is 0 Å². The predicted octanol–water partition coefficient (Wildman–Crippen LogP) is 1.71. The van der Waals surface area contributed by atoms with Gasteiger partial charge in [0, 0.05) is 70.4 Å². The lowest BCUT2D eigenvalue weighted by molar-refractivity contribution is -0.140. The van der Waals surface area contributed by atoms with Gasteiger partial charge in [-0.2, -0.15) is 0 Å². The van der Waals surface area contributed by atoms with Gasteiger partial charge in [-0.15, -0.1) is 0 Å². The Kier molecular flexibility index (Phi) is 11.7. The van der Waals surface area contributed by atoms with Crippen LogP contribution in [0.25, 0.3) is 10.9 Å². The lowest BCUT2D eigenvalue weighted by Crippen LogP contribution is -2.51. The van der Waals surface area contributed by atoms with Crippen molar-refractivity contribution in [2.75, 3.05) is 64.7 Å². The number of aliphatic hydroxyl groups is 1. The molecule has 1 atom stereocenters.